The van der Waals surface area contributed by atoms with Gasteiger partial charge in [-0.15, -0.1) is 0 Å². The normalized spacial score (nSPS) is 24.3. The number of hydrogen-bond acceptors (Lipinski definition) is 6. The molecule has 0 saturated carbocycles. The first-order chi connectivity index (χ1) is 15.1. The standard InChI is InChI=1S/C21H26Cl2FN3O5/c1-20(2)12-26(6-5-21(20)30-7-8-31-21)16-4-3-13(9-15(16)24)27-11-14(32-19(27)29)10-25-18(28)17(22)23/h3-4,9,14,17H,5-8,10-12H2,1-2H3,(H,25,28). The smallest absolute Gasteiger partial charge is 0.414 e. The van der Waals surface area contributed by atoms with Gasteiger partial charge in [-0.25, -0.2) is 9.18 Å². The number of halogens is 3. The zero-order valence-electron chi connectivity index (χ0n) is 17.9. The predicted molar refractivity (Wildman–Crippen MR) is 118 cm³/mol. The van der Waals surface area contributed by atoms with Gasteiger partial charge in [0, 0.05) is 24.9 Å². The second-order valence-corrected chi connectivity index (χ2v) is 9.90. The number of rotatable bonds is 5. The summed E-state index contributed by atoms with van der Waals surface area (Å²) < 4.78 is 32.2. The first-order valence-corrected chi connectivity index (χ1v) is 11.4. The largest absolute Gasteiger partial charge is 0.442 e. The maximum absolute atomic E-state index is 15.1. The van der Waals surface area contributed by atoms with Crippen molar-refractivity contribution in [1.82, 2.24) is 5.32 Å². The van der Waals surface area contributed by atoms with Crippen molar-refractivity contribution < 1.29 is 28.2 Å². The summed E-state index contributed by atoms with van der Waals surface area (Å²) in [6.45, 7) is 6.66. The number of anilines is 2. The molecule has 3 heterocycles. The average Bonchev–Trinajstić information content (AvgIpc) is 3.36. The highest BCUT2D eigenvalue weighted by Gasteiger charge is 2.53. The van der Waals surface area contributed by atoms with Crippen LogP contribution >= 0.6 is 23.2 Å². The van der Waals surface area contributed by atoms with E-state index in [1.165, 1.54) is 11.0 Å². The number of carbonyl (C=O) groups is 2. The van der Waals surface area contributed by atoms with Gasteiger partial charge in [-0.1, -0.05) is 37.0 Å². The second kappa shape index (κ2) is 8.85. The summed E-state index contributed by atoms with van der Waals surface area (Å²) in [6.07, 6.45) is -0.563. The molecule has 0 bridgehead atoms. The van der Waals surface area contributed by atoms with Gasteiger partial charge >= 0.3 is 6.09 Å². The Balaban J connectivity index is 1.42. The van der Waals surface area contributed by atoms with Crippen molar-refractivity contribution >= 4 is 46.6 Å². The molecule has 4 rings (SSSR count). The molecule has 3 saturated heterocycles. The summed E-state index contributed by atoms with van der Waals surface area (Å²) in [5.41, 5.74) is 0.517. The van der Waals surface area contributed by atoms with E-state index in [1.54, 1.807) is 12.1 Å². The predicted octanol–water partition coefficient (Wildman–Crippen LogP) is 3.05. The SMILES string of the molecule is CC1(C)CN(c2ccc(N3CC(CNC(=O)C(Cl)Cl)OC3=O)cc2F)CCC12OCCO2. The molecule has 1 atom stereocenters. The van der Waals surface area contributed by atoms with E-state index in [1.807, 2.05) is 4.90 Å². The third-order valence-electron chi connectivity index (χ3n) is 6.24. The van der Waals surface area contributed by atoms with Gasteiger partial charge in [0.15, 0.2) is 10.6 Å². The molecule has 1 spiro atoms. The number of carbonyl (C=O) groups excluding carboxylic acids is 2. The molecule has 1 unspecified atom stereocenters. The lowest BCUT2D eigenvalue weighted by atomic mass is 9.77. The van der Waals surface area contributed by atoms with Gasteiger partial charge in [0.2, 0.25) is 0 Å². The highest BCUT2D eigenvalue weighted by Crippen LogP contribution is 2.46. The molecule has 8 nitrogen and oxygen atoms in total. The maximum Gasteiger partial charge on any atom is 0.414 e. The van der Waals surface area contributed by atoms with Crippen LogP contribution in [-0.2, 0) is 19.0 Å². The third kappa shape index (κ3) is 4.35. The van der Waals surface area contributed by atoms with Crippen LogP contribution in [0.3, 0.4) is 0 Å². The average molecular weight is 490 g/mol. The Bertz CT molecular complexity index is 894. The van der Waals surface area contributed by atoms with Crippen LogP contribution in [-0.4, -0.2) is 68.1 Å². The van der Waals surface area contributed by atoms with Crippen LogP contribution in [0.15, 0.2) is 18.2 Å². The molecule has 0 radical (unpaired) electrons. The van der Waals surface area contributed by atoms with E-state index in [0.717, 1.165) is 0 Å². The topological polar surface area (TPSA) is 80.3 Å². The van der Waals surface area contributed by atoms with Crippen molar-refractivity contribution in [2.45, 2.75) is 37.0 Å². The molecule has 11 heteroatoms. The number of piperidine rings is 1. The second-order valence-electron chi connectivity index (χ2n) is 8.80. The van der Waals surface area contributed by atoms with Crippen LogP contribution in [0.25, 0.3) is 0 Å². The van der Waals surface area contributed by atoms with E-state index in [4.69, 9.17) is 37.4 Å². The number of nitrogens with one attached hydrogen (secondary N) is 1. The first kappa shape index (κ1) is 23.4. The van der Waals surface area contributed by atoms with Gasteiger partial charge in [-0.2, -0.15) is 0 Å². The van der Waals surface area contributed by atoms with Crippen LogP contribution in [0.1, 0.15) is 20.3 Å². The minimum absolute atomic E-state index is 0.0618. The van der Waals surface area contributed by atoms with E-state index in [-0.39, 0.29) is 18.5 Å². The van der Waals surface area contributed by atoms with Crippen molar-refractivity contribution in [3.8, 4) is 0 Å². The minimum Gasteiger partial charge on any atom is -0.442 e. The van der Waals surface area contributed by atoms with Crippen LogP contribution in [0.2, 0.25) is 0 Å². The molecule has 2 amide bonds. The molecule has 1 N–H and O–H groups in total. The number of amides is 2. The van der Waals surface area contributed by atoms with Crippen molar-refractivity contribution in [1.29, 1.82) is 0 Å². The molecular formula is C21H26Cl2FN3O5. The van der Waals surface area contributed by atoms with Gasteiger partial charge in [0.1, 0.15) is 11.9 Å². The van der Waals surface area contributed by atoms with Gasteiger partial charge in [0.25, 0.3) is 5.91 Å². The highest BCUT2D eigenvalue weighted by atomic mass is 35.5. The quantitative estimate of drug-likeness (QED) is 0.640. The molecular weight excluding hydrogens is 464 g/mol. The fourth-order valence-electron chi connectivity index (χ4n) is 4.54. The molecule has 3 aliphatic rings. The summed E-state index contributed by atoms with van der Waals surface area (Å²) in [7, 11) is 0. The molecule has 1 aromatic rings. The van der Waals surface area contributed by atoms with Crippen LogP contribution in [0, 0.1) is 11.2 Å². The molecule has 0 aliphatic carbocycles. The Morgan fingerprint density at radius 3 is 2.66 bits per heavy atom. The number of hydrogen-bond donors (Lipinski definition) is 1. The lowest BCUT2D eigenvalue weighted by Gasteiger charge is -2.50. The summed E-state index contributed by atoms with van der Waals surface area (Å²) >= 11 is 11.0. The van der Waals surface area contributed by atoms with Gasteiger partial charge < -0.3 is 24.4 Å². The number of benzene rings is 1. The Morgan fingerprint density at radius 1 is 1.31 bits per heavy atom. The molecule has 176 valence electrons. The molecule has 32 heavy (non-hydrogen) atoms. The number of cyclic esters (lactones) is 1. The summed E-state index contributed by atoms with van der Waals surface area (Å²) in [5.74, 6) is -1.63. The Hall–Kier alpha value is -1.81. The van der Waals surface area contributed by atoms with Crippen LogP contribution < -0.4 is 15.1 Å². The van der Waals surface area contributed by atoms with E-state index in [0.29, 0.717) is 44.1 Å². The minimum atomic E-state index is -1.20. The maximum atomic E-state index is 15.1. The van der Waals surface area contributed by atoms with Crippen LogP contribution in [0.5, 0.6) is 0 Å². The zero-order chi connectivity index (χ0) is 23.1. The van der Waals surface area contributed by atoms with Crippen molar-refractivity contribution in [2.24, 2.45) is 5.41 Å². The van der Waals surface area contributed by atoms with Gasteiger partial charge in [-0.3, -0.25) is 9.69 Å². The number of ether oxygens (including phenoxy) is 3. The Morgan fingerprint density at radius 2 is 2.03 bits per heavy atom. The monoisotopic (exact) mass is 489 g/mol. The fourth-order valence-corrected chi connectivity index (χ4v) is 4.70. The Labute approximate surface area is 195 Å². The van der Waals surface area contributed by atoms with E-state index < -0.39 is 34.5 Å². The van der Waals surface area contributed by atoms with Crippen molar-refractivity contribution in [3.05, 3.63) is 24.0 Å². The molecule has 3 fully saturated rings. The molecule has 3 aliphatic heterocycles. The van der Waals surface area contributed by atoms with E-state index >= 15 is 4.39 Å². The number of alkyl halides is 2. The first-order valence-electron chi connectivity index (χ1n) is 10.5. The number of nitrogens with zero attached hydrogens (tertiary/aromatic N) is 2. The van der Waals surface area contributed by atoms with E-state index in [9.17, 15) is 9.59 Å². The molecule has 1 aromatic carbocycles. The zero-order valence-corrected chi connectivity index (χ0v) is 19.4. The van der Waals surface area contributed by atoms with Crippen molar-refractivity contribution in [3.63, 3.8) is 0 Å². The van der Waals surface area contributed by atoms with Crippen molar-refractivity contribution in [2.75, 3.05) is 49.2 Å². The Kier molecular flexibility index (Phi) is 6.46. The summed E-state index contributed by atoms with van der Waals surface area (Å²) in [5, 5.41) is 2.50. The van der Waals surface area contributed by atoms with Gasteiger partial charge in [-0.05, 0) is 18.2 Å². The van der Waals surface area contributed by atoms with Crippen LogP contribution in [0.4, 0.5) is 20.6 Å². The van der Waals surface area contributed by atoms with Gasteiger partial charge in [0.05, 0.1) is 37.7 Å². The summed E-state index contributed by atoms with van der Waals surface area (Å²) in [4.78, 5) is 25.9. The van der Waals surface area contributed by atoms with E-state index in [2.05, 4.69) is 19.2 Å². The fraction of sp³-hybridized carbons (Fsp3) is 0.619. The lowest BCUT2D eigenvalue weighted by molar-refractivity contribution is -0.235. The summed E-state index contributed by atoms with van der Waals surface area (Å²) in [6, 6.07) is 4.68. The lowest BCUT2D eigenvalue weighted by Crippen LogP contribution is -2.58. The highest BCUT2D eigenvalue weighted by molar-refractivity contribution is 6.53. The molecule has 0 aromatic heterocycles. The third-order valence-corrected chi connectivity index (χ3v) is 6.64.